The molecule has 4 aliphatic rings. The molecule has 0 radical (unpaired) electrons. The molecule has 3 unspecified atom stereocenters. The van der Waals surface area contributed by atoms with E-state index < -0.39 is 6.41 Å². The topological polar surface area (TPSA) is 57.9 Å². The van der Waals surface area contributed by atoms with Crippen molar-refractivity contribution in [1.29, 1.82) is 0 Å². The molecule has 0 spiro atoms. The molecule has 28 heavy (non-hydrogen) atoms. The number of hydrogen-bond acceptors (Lipinski definition) is 4. The number of nitrogens with zero attached hydrogens (tertiary/aromatic N) is 2. The van der Waals surface area contributed by atoms with E-state index in [4.69, 9.17) is 4.74 Å². The first-order chi connectivity index (χ1) is 13.5. The van der Waals surface area contributed by atoms with E-state index in [2.05, 4.69) is 18.7 Å². The molecule has 1 aliphatic carbocycles. The van der Waals surface area contributed by atoms with Gasteiger partial charge in [0.2, 0.25) is 6.41 Å². The molecule has 0 amide bonds. The van der Waals surface area contributed by atoms with Gasteiger partial charge in [-0.25, -0.2) is 0 Å². The van der Waals surface area contributed by atoms with E-state index in [-0.39, 0.29) is 5.75 Å². The Balaban J connectivity index is 1.74. The number of aromatic hydroxyl groups is 1. The van der Waals surface area contributed by atoms with Crippen molar-refractivity contribution in [2.24, 2.45) is 17.8 Å². The maximum atomic E-state index is 10.9. The highest BCUT2D eigenvalue weighted by atomic mass is 16.6. The highest BCUT2D eigenvalue weighted by Gasteiger charge is 2.52. The van der Waals surface area contributed by atoms with E-state index in [0.717, 1.165) is 35.7 Å². The number of phenols is 1. The van der Waals surface area contributed by atoms with Gasteiger partial charge in [-0.1, -0.05) is 20.3 Å². The van der Waals surface area contributed by atoms with Crippen molar-refractivity contribution in [3.8, 4) is 5.75 Å². The summed E-state index contributed by atoms with van der Waals surface area (Å²) in [5, 5.41) is 22.1. The second-order valence-electron chi connectivity index (χ2n) is 8.99. The molecule has 2 saturated heterocycles. The van der Waals surface area contributed by atoms with Gasteiger partial charge < -0.3 is 14.9 Å². The van der Waals surface area contributed by atoms with Crippen LogP contribution in [0.4, 0.5) is 0 Å². The summed E-state index contributed by atoms with van der Waals surface area (Å²) in [6.45, 7) is 9.43. The Kier molecular flexibility index (Phi) is 4.45. The number of aromatic nitrogens is 1. The van der Waals surface area contributed by atoms with Crippen LogP contribution in [-0.4, -0.2) is 45.4 Å². The molecule has 6 rings (SSSR count). The van der Waals surface area contributed by atoms with Gasteiger partial charge in [0, 0.05) is 42.7 Å². The summed E-state index contributed by atoms with van der Waals surface area (Å²) in [6.07, 6.45) is 2.38. The lowest BCUT2D eigenvalue weighted by molar-refractivity contribution is -0.149. The monoisotopic (exact) mass is 384 g/mol. The minimum Gasteiger partial charge on any atom is -0.508 e. The number of rotatable bonds is 4. The molecule has 7 atom stereocenters. The van der Waals surface area contributed by atoms with Crippen molar-refractivity contribution in [2.75, 3.05) is 19.7 Å². The molecule has 3 aliphatic heterocycles. The van der Waals surface area contributed by atoms with E-state index in [1.165, 1.54) is 30.6 Å². The van der Waals surface area contributed by atoms with Crippen molar-refractivity contribution in [3.63, 3.8) is 0 Å². The SMILES string of the molecule is CCOC(O)n1c2c(c3cc(O)ccc31)CCN1C[C@@H]3C[C@@H]2C1[C@@H](CC)[C@H]3C. The second kappa shape index (κ2) is 6.75. The van der Waals surface area contributed by atoms with Crippen molar-refractivity contribution < 1.29 is 14.9 Å². The lowest BCUT2D eigenvalue weighted by atomic mass is 9.60. The highest BCUT2D eigenvalue weighted by molar-refractivity contribution is 5.87. The molecule has 1 aromatic carbocycles. The predicted octanol–water partition coefficient (Wildman–Crippen LogP) is 3.84. The second-order valence-corrected chi connectivity index (χ2v) is 8.99. The average molecular weight is 385 g/mol. The summed E-state index contributed by atoms with van der Waals surface area (Å²) >= 11 is 0. The number of aliphatic hydroxyl groups excluding tert-OH is 1. The van der Waals surface area contributed by atoms with Gasteiger partial charge in [0.1, 0.15) is 5.75 Å². The summed E-state index contributed by atoms with van der Waals surface area (Å²) < 4.78 is 7.69. The lowest BCUT2D eigenvalue weighted by Crippen LogP contribution is -2.59. The first-order valence-electron chi connectivity index (χ1n) is 10.9. The Hall–Kier alpha value is -1.56. The Bertz CT molecular complexity index is 892. The third-order valence-corrected chi connectivity index (χ3v) is 7.86. The molecule has 152 valence electrons. The first-order valence-corrected chi connectivity index (χ1v) is 10.9. The summed E-state index contributed by atoms with van der Waals surface area (Å²) in [4.78, 5) is 2.72. The van der Waals surface area contributed by atoms with Crippen LogP contribution in [0.3, 0.4) is 0 Å². The van der Waals surface area contributed by atoms with E-state index >= 15 is 0 Å². The average Bonchev–Trinajstić information content (AvgIpc) is 2.95. The number of phenolic OH excluding ortho intramolecular Hbond substituents is 1. The van der Waals surface area contributed by atoms with Gasteiger partial charge in [0.15, 0.2) is 0 Å². The van der Waals surface area contributed by atoms with Gasteiger partial charge in [-0.3, -0.25) is 9.47 Å². The number of aliphatic hydroxyl groups is 1. The van der Waals surface area contributed by atoms with Crippen LogP contribution in [0, 0.1) is 17.8 Å². The number of hydrogen-bond donors (Lipinski definition) is 2. The van der Waals surface area contributed by atoms with Gasteiger partial charge in [-0.15, -0.1) is 0 Å². The van der Waals surface area contributed by atoms with Crippen molar-refractivity contribution in [2.45, 2.75) is 58.4 Å². The molecule has 5 heteroatoms. The van der Waals surface area contributed by atoms with Crippen LogP contribution in [0.2, 0.25) is 0 Å². The number of piperidine rings is 2. The smallest absolute Gasteiger partial charge is 0.242 e. The first kappa shape index (κ1) is 18.5. The van der Waals surface area contributed by atoms with Gasteiger partial charge in [-0.2, -0.15) is 0 Å². The van der Waals surface area contributed by atoms with E-state index in [9.17, 15) is 10.2 Å². The molecule has 3 fully saturated rings. The zero-order valence-corrected chi connectivity index (χ0v) is 17.1. The van der Waals surface area contributed by atoms with Crippen LogP contribution in [0.1, 0.15) is 57.2 Å². The lowest BCUT2D eigenvalue weighted by Gasteiger charge is -2.57. The van der Waals surface area contributed by atoms with Crippen molar-refractivity contribution in [3.05, 3.63) is 29.5 Å². The maximum Gasteiger partial charge on any atom is 0.242 e. The van der Waals surface area contributed by atoms with Gasteiger partial charge in [0.25, 0.3) is 0 Å². The third-order valence-electron chi connectivity index (χ3n) is 7.86. The predicted molar refractivity (Wildman–Crippen MR) is 109 cm³/mol. The zero-order valence-electron chi connectivity index (χ0n) is 17.1. The largest absolute Gasteiger partial charge is 0.508 e. The fraction of sp³-hybridized carbons (Fsp3) is 0.652. The molecule has 4 bridgehead atoms. The maximum absolute atomic E-state index is 10.9. The summed E-state index contributed by atoms with van der Waals surface area (Å²) in [5.41, 5.74) is 3.52. The minimum absolute atomic E-state index is 0.285. The molecular weight excluding hydrogens is 352 g/mol. The standard InChI is InChI=1S/C23H32N2O3/c1-4-16-13(3)14-10-19-21(16)24(12-14)9-8-17-18-11-15(26)6-7-20(18)25(22(17)19)23(27)28-5-2/h6-7,11,13-14,16,19,21,23,26-27H,4-5,8-10,12H2,1-3H3/t13-,14-,16-,19+,21?,23?/m0/s1. The summed E-state index contributed by atoms with van der Waals surface area (Å²) in [6, 6.07) is 6.05. The minimum atomic E-state index is -0.981. The molecule has 5 nitrogen and oxygen atoms in total. The number of ether oxygens (including phenoxy) is 1. The van der Waals surface area contributed by atoms with Gasteiger partial charge in [-0.05, 0) is 61.3 Å². The fourth-order valence-corrected chi connectivity index (χ4v) is 6.73. The van der Waals surface area contributed by atoms with Gasteiger partial charge in [0.05, 0.1) is 5.52 Å². The molecule has 4 heterocycles. The molecule has 2 N–H and O–H groups in total. The molecule has 2 aromatic rings. The number of fused-ring (bicyclic) bond motifs is 4. The Morgan fingerprint density at radius 2 is 2.11 bits per heavy atom. The van der Waals surface area contributed by atoms with Crippen LogP contribution >= 0.6 is 0 Å². The van der Waals surface area contributed by atoms with Crippen molar-refractivity contribution >= 4 is 10.9 Å². The van der Waals surface area contributed by atoms with Crippen LogP contribution < -0.4 is 0 Å². The zero-order chi connectivity index (χ0) is 19.6. The third kappa shape index (κ3) is 2.49. The van der Waals surface area contributed by atoms with Gasteiger partial charge >= 0.3 is 0 Å². The Morgan fingerprint density at radius 1 is 1.29 bits per heavy atom. The molecule has 1 aromatic heterocycles. The van der Waals surface area contributed by atoms with E-state index in [0.29, 0.717) is 24.5 Å². The quantitative estimate of drug-likeness (QED) is 0.787. The summed E-state index contributed by atoms with van der Waals surface area (Å²) in [7, 11) is 0. The van der Waals surface area contributed by atoms with Crippen LogP contribution in [0.15, 0.2) is 18.2 Å². The van der Waals surface area contributed by atoms with E-state index in [1.54, 1.807) is 6.07 Å². The van der Waals surface area contributed by atoms with E-state index in [1.807, 2.05) is 23.6 Å². The van der Waals surface area contributed by atoms with Crippen LogP contribution in [0.5, 0.6) is 5.75 Å². The highest BCUT2D eigenvalue weighted by Crippen LogP contribution is 2.54. The van der Waals surface area contributed by atoms with Crippen molar-refractivity contribution in [1.82, 2.24) is 9.47 Å². The Morgan fingerprint density at radius 3 is 2.86 bits per heavy atom. The van der Waals surface area contributed by atoms with Crippen LogP contribution in [0.25, 0.3) is 10.9 Å². The normalized spacial score (nSPS) is 35.0. The Labute approximate surface area is 166 Å². The van der Waals surface area contributed by atoms with Crippen LogP contribution in [-0.2, 0) is 11.2 Å². The molecule has 1 saturated carbocycles. The fourth-order valence-electron chi connectivity index (χ4n) is 6.73. The molecular formula is C23H32N2O3. The summed E-state index contributed by atoms with van der Waals surface area (Å²) in [5.74, 6) is 2.89. The number of benzene rings is 1.